The third kappa shape index (κ3) is 3.96. The second-order valence-corrected chi connectivity index (χ2v) is 9.35. The van der Waals surface area contributed by atoms with Gasteiger partial charge in [-0.05, 0) is 19.9 Å². The first-order valence-electron chi connectivity index (χ1n) is 7.21. The normalized spacial score (nSPS) is 11.5. The van der Waals surface area contributed by atoms with Gasteiger partial charge in [0.05, 0.1) is 11.3 Å². The number of nitrogens with zero attached hydrogens (tertiary/aromatic N) is 1. The summed E-state index contributed by atoms with van der Waals surface area (Å²) in [6.07, 6.45) is 0. The molecule has 0 unspecified atom stereocenters. The van der Waals surface area contributed by atoms with Crippen LogP contribution in [0, 0.1) is 13.8 Å². The van der Waals surface area contributed by atoms with Crippen LogP contribution in [-0.4, -0.2) is 19.3 Å². The van der Waals surface area contributed by atoms with Crippen LogP contribution in [0.15, 0.2) is 39.9 Å². The van der Waals surface area contributed by atoms with E-state index < -0.39 is 15.9 Å². The van der Waals surface area contributed by atoms with E-state index in [1.807, 2.05) is 38.1 Å². The highest BCUT2D eigenvalue weighted by Gasteiger charge is 2.17. The summed E-state index contributed by atoms with van der Waals surface area (Å²) in [6, 6.07) is 9.25. The number of hydrogen-bond acceptors (Lipinski definition) is 6. The molecule has 3 rings (SSSR count). The van der Waals surface area contributed by atoms with Crippen LogP contribution in [0.4, 0.5) is 5.13 Å². The number of thiazole rings is 1. The summed E-state index contributed by atoms with van der Waals surface area (Å²) < 4.78 is 22.6. The second kappa shape index (κ2) is 6.68. The molecule has 0 spiro atoms. The number of carbonyl (C=O) groups excluding carboxylic acids is 1. The number of thiophene rings is 1. The van der Waals surface area contributed by atoms with Crippen molar-refractivity contribution in [2.45, 2.75) is 18.1 Å². The van der Waals surface area contributed by atoms with Gasteiger partial charge in [-0.1, -0.05) is 29.8 Å². The van der Waals surface area contributed by atoms with Crippen LogP contribution < -0.4 is 10.5 Å². The minimum absolute atomic E-state index is 0.0479. The Labute approximate surface area is 153 Å². The fraction of sp³-hybridized carbons (Fsp3) is 0.125. The molecule has 0 atom stereocenters. The number of primary sulfonamides is 1. The molecule has 0 aliphatic heterocycles. The van der Waals surface area contributed by atoms with Crippen molar-refractivity contribution in [3.8, 4) is 11.3 Å². The van der Waals surface area contributed by atoms with Gasteiger partial charge in [0.2, 0.25) is 10.0 Å². The Kier molecular flexibility index (Phi) is 4.74. The average Bonchev–Trinajstić information content (AvgIpc) is 3.15. The number of amides is 1. The number of nitrogens with one attached hydrogen (secondary N) is 1. The first kappa shape index (κ1) is 17.7. The summed E-state index contributed by atoms with van der Waals surface area (Å²) in [4.78, 5) is 17.7. The van der Waals surface area contributed by atoms with Crippen LogP contribution in [0.5, 0.6) is 0 Å². The van der Waals surface area contributed by atoms with E-state index in [9.17, 15) is 13.2 Å². The van der Waals surface area contributed by atoms with Gasteiger partial charge in [-0.25, -0.2) is 18.5 Å². The molecule has 6 nitrogen and oxygen atoms in total. The number of anilines is 1. The van der Waals surface area contributed by atoms with Gasteiger partial charge in [0, 0.05) is 15.8 Å². The molecule has 9 heteroatoms. The maximum Gasteiger partial charge on any atom is 0.258 e. The number of benzene rings is 1. The first-order chi connectivity index (χ1) is 11.7. The van der Waals surface area contributed by atoms with Gasteiger partial charge in [-0.2, -0.15) is 0 Å². The molecule has 0 bridgehead atoms. The quantitative estimate of drug-likeness (QED) is 0.709. The van der Waals surface area contributed by atoms with E-state index in [0.717, 1.165) is 33.0 Å². The minimum atomic E-state index is -3.81. The Morgan fingerprint density at radius 1 is 1.20 bits per heavy atom. The van der Waals surface area contributed by atoms with Gasteiger partial charge in [0.15, 0.2) is 5.13 Å². The minimum Gasteiger partial charge on any atom is -0.298 e. The summed E-state index contributed by atoms with van der Waals surface area (Å²) in [7, 11) is -3.81. The summed E-state index contributed by atoms with van der Waals surface area (Å²) in [6.45, 7) is 3.95. The third-order valence-electron chi connectivity index (χ3n) is 3.46. The number of hydrogen-bond donors (Lipinski definition) is 2. The Hall–Kier alpha value is -2.07. The standard InChI is InChI=1S/C16H15N3O3S3/c1-9-3-5-11(6-4-9)14-10(2)24-16(18-14)19-15(20)12-7-13(23-8-12)25(17,21)22/h3-8H,1-2H3,(H2,17,21,22)(H,18,19,20). The Morgan fingerprint density at radius 3 is 2.48 bits per heavy atom. The molecule has 0 radical (unpaired) electrons. The zero-order chi connectivity index (χ0) is 18.2. The predicted octanol–water partition coefficient (Wildman–Crippen LogP) is 3.39. The Balaban J connectivity index is 1.82. The van der Waals surface area contributed by atoms with Crippen molar-refractivity contribution >= 4 is 43.7 Å². The maximum absolute atomic E-state index is 12.3. The van der Waals surface area contributed by atoms with Gasteiger partial charge in [0.1, 0.15) is 4.21 Å². The Morgan fingerprint density at radius 2 is 1.88 bits per heavy atom. The molecular weight excluding hydrogens is 378 g/mol. The van der Waals surface area contributed by atoms with Crippen LogP contribution in [0.25, 0.3) is 11.3 Å². The van der Waals surface area contributed by atoms with Crippen LogP contribution in [0.3, 0.4) is 0 Å². The molecule has 3 N–H and O–H groups in total. The van der Waals surface area contributed by atoms with Gasteiger partial charge >= 0.3 is 0 Å². The van der Waals surface area contributed by atoms with Gasteiger partial charge in [-0.3, -0.25) is 10.1 Å². The lowest BCUT2D eigenvalue weighted by Crippen LogP contribution is -2.12. The maximum atomic E-state index is 12.3. The number of rotatable bonds is 4. The lowest BCUT2D eigenvalue weighted by molar-refractivity contribution is 0.102. The molecule has 1 aromatic carbocycles. The largest absolute Gasteiger partial charge is 0.298 e. The summed E-state index contributed by atoms with van der Waals surface area (Å²) in [5.74, 6) is -0.421. The van der Waals surface area contributed by atoms with Crippen molar-refractivity contribution < 1.29 is 13.2 Å². The second-order valence-electron chi connectivity index (χ2n) is 5.44. The zero-order valence-corrected chi connectivity index (χ0v) is 15.9. The molecule has 2 aromatic heterocycles. The van der Waals surface area contributed by atoms with Gasteiger partial charge in [0.25, 0.3) is 5.91 Å². The van der Waals surface area contributed by atoms with E-state index in [0.29, 0.717) is 5.13 Å². The molecule has 25 heavy (non-hydrogen) atoms. The number of sulfonamides is 1. The van der Waals surface area contributed by atoms with Crippen molar-refractivity contribution in [2.24, 2.45) is 5.14 Å². The van der Waals surface area contributed by atoms with Crippen molar-refractivity contribution in [3.63, 3.8) is 0 Å². The van der Waals surface area contributed by atoms with Gasteiger partial charge in [-0.15, -0.1) is 22.7 Å². The molecule has 0 saturated carbocycles. The fourth-order valence-corrected chi connectivity index (χ4v) is 4.60. The highest BCUT2D eigenvalue weighted by atomic mass is 32.2. The number of aryl methyl sites for hydroxylation is 2. The molecule has 2 heterocycles. The molecular formula is C16H15N3O3S3. The van der Waals surface area contributed by atoms with E-state index in [2.05, 4.69) is 10.3 Å². The van der Waals surface area contributed by atoms with Crippen molar-refractivity contribution in [3.05, 3.63) is 51.7 Å². The van der Waals surface area contributed by atoms with Crippen molar-refractivity contribution in [2.75, 3.05) is 5.32 Å². The number of nitrogens with two attached hydrogens (primary N) is 1. The lowest BCUT2D eigenvalue weighted by atomic mass is 10.1. The fourth-order valence-electron chi connectivity index (χ4n) is 2.18. The van der Waals surface area contributed by atoms with Crippen LogP contribution in [-0.2, 0) is 10.0 Å². The molecule has 0 aliphatic rings. The lowest BCUT2D eigenvalue weighted by Gasteiger charge is -2.00. The molecule has 3 aromatic rings. The molecule has 0 aliphatic carbocycles. The third-order valence-corrected chi connectivity index (χ3v) is 6.73. The smallest absolute Gasteiger partial charge is 0.258 e. The van der Waals surface area contributed by atoms with Crippen molar-refractivity contribution in [1.82, 2.24) is 4.98 Å². The molecule has 0 saturated heterocycles. The molecule has 1 amide bonds. The Bertz CT molecular complexity index is 1030. The van der Waals surface area contributed by atoms with E-state index in [1.165, 1.54) is 22.8 Å². The van der Waals surface area contributed by atoms with Crippen molar-refractivity contribution in [1.29, 1.82) is 0 Å². The average molecular weight is 394 g/mol. The summed E-state index contributed by atoms with van der Waals surface area (Å²) in [5.41, 5.74) is 3.19. The predicted molar refractivity (Wildman–Crippen MR) is 101 cm³/mol. The zero-order valence-electron chi connectivity index (χ0n) is 13.4. The van der Waals surface area contributed by atoms with E-state index in [1.54, 1.807) is 0 Å². The van der Waals surface area contributed by atoms with E-state index in [-0.39, 0.29) is 9.77 Å². The first-order valence-corrected chi connectivity index (χ1v) is 10.5. The monoisotopic (exact) mass is 393 g/mol. The van der Waals surface area contributed by atoms with Crippen LogP contribution >= 0.6 is 22.7 Å². The topological polar surface area (TPSA) is 102 Å². The summed E-state index contributed by atoms with van der Waals surface area (Å²) in [5, 5.41) is 9.68. The number of aromatic nitrogens is 1. The molecule has 130 valence electrons. The molecule has 0 fully saturated rings. The van der Waals surface area contributed by atoms with E-state index >= 15 is 0 Å². The van der Waals surface area contributed by atoms with Crippen LogP contribution in [0.1, 0.15) is 20.8 Å². The van der Waals surface area contributed by atoms with Gasteiger partial charge < -0.3 is 0 Å². The number of carbonyl (C=O) groups is 1. The van der Waals surface area contributed by atoms with Crippen LogP contribution in [0.2, 0.25) is 0 Å². The van der Waals surface area contributed by atoms with E-state index in [4.69, 9.17) is 5.14 Å². The SMILES string of the molecule is Cc1ccc(-c2nc(NC(=O)c3csc(S(N)(=O)=O)c3)sc2C)cc1. The highest BCUT2D eigenvalue weighted by molar-refractivity contribution is 7.91. The summed E-state index contributed by atoms with van der Waals surface area (Å²) >= 11 is 2.28. The highest BCUT2D eigenvalue weighted by Crippen LogP contribution is 2.31.